The topological polar surface area (TPSA) is 92.8 Å². The van der Waals surface area contributed by atoms with Gasteiger partial charge in [0.05, 0.1) is 18.9 Å². The number of carbonyl (C=O) groups is 1. The van der Waals surface area contributed by atoms with Crippen molar-refractivity contribution in [3.05, 3.63) is 42.0 Å². The molecule has 2 aromatic carbocycles. The highest BCUT2D eigenvalue weighted by Gasteiger charge is 2.10. The van der Waals surface area contributed by atoms with E-state index in [0.29, 0.717) is 11.2 Å². The van der Waals surface area contributed by atoms with Gasteiger partial charge in [-0.05, 0) is 48.9 Å². The number of methoxy groups -OCH3 is 1. The third-order valence-corrected chi connectivity index (χ3v) is 3.54. The highest BCUT2D eigenvalue weighted by Crippen LogP contribution is 2.22. The summed E-state index contributed by atoms with van der Waals surface area (Å²) in [6.45, 7) is 1.87. The van der Waals surface area contributed by atoms with Gasteiger partial charge in [-0.25, -0.2) is 0 Å². The molecule has 120 valence electrons. The van der Waals surface area contributed by atoms with Crippen molar-refractivity contribution < 1.29 is 9.53 Å². The van der Waals surface area contributed by atoms with Crippen LogP contribution in [0.3, 0.4) is 0 Å². The van der Waals surface area contributed by atoms with Crippen molar-refractivity contribution in [1.29, 1.82) is 5.26 Å². The average Bonchev–Trinajstić information content (AvgIpc) is 2.98. The molecule has 1 aromatic heterocycles. The summed E-state index contributed by atoms with van der Waals surface area (Å²) >= 11 is 0. The van der Waals surface area contributed by atoms with Crippen LogP contribution in [0.4, 0.5) is 5.69 Å². The molecule has 0 fully saturated rings. The van der Waals surface area contributed by atoms with E-state index >= 15 is 0 Å². The number of nitrogens with zero attached hydrogens (tertiary/aromatic N) is 4. The molecule has 0 saturated carbocycles. The van der Waals surface area contributed by atoms with Crippen LogP contribution < -0.4 is 10.1 Å². The predicted molar refractivity (Wildman–Crippen MR) is 89.0 cm³/mol. The van der Waals surface area contributed by atoms with Crippen molar-refractivity contribution in [2.24, 2.45) is 0 Å². The molecule has 0 atom stereocenters. The Morgan fingerprint density at radius 1 is 1.25 bits per heavy atom. The summed E-state index contributed by atoms with van der Waals surface area (Å²) in [6.07, 6.45) is -0.185. The second-order valence-corrected chi connectivity index (χ2v) is 5.23. The van der Waals surface area contributed by atoms with Gasteiger partial charge >= 0.3 is 0 Å². The zero-order valence-corrected chi connectivity index (χ0v) is 13.3. The van der Waals surface area contributed by atoms with Crippen LogP contribution in [0.1, 0.15) is 12.0 Å². The summed E-state index contributed by atoms with van der Waals surface area (Å²) in [5.41, 5.74) is 3.67. The molecule has 1 N–H and O–H groups in total. The monoisotopic (exact) mass is 321 g/mol. The number of anilines is 1. The van der Waals surface area contributed by atoms with Gasteiger partial charge in [-0.15, -0.1) is 10.2 Å². The third kappa shape index (κ3) is 3.03. The Morgan fingerprint density at radius 2 is 1.92 bits per heavy atom. The van der Waals surface area contributed by atoms with E-state index < -0.39 is 0 Å². The number of nitrogens with one attached hydrogen (secondary N) is 1. The normalized spacial score (nSPS) is 10.4. The minimum absolute atomic E-state index is 0.185. The molecular weight excluding hydrogens is 306 g/mol. The van der Waals surface area contributed by atoms with Crippen LogP contribution in [-0.4, -0.2) is 28.0 Å². The first-order valence-electron chi connectivity index (χ1n) is 7.29. The van der Waals surface area contributed by atoms with Crippen molar-refractivity contribution in [2.75, 3.05) is 12.4 Å². The number of fused-ring (bicyclic) bond motifs is 1. The van der Waals surface area contributed by atoms with Crippen LogP contribution in [0.2, 0.25) is 0 Å². The van der Waals surface area contributed by atoms with Crippen molar-refractivity contribution in [3.8, 4) is 17.5 Å². The van der Waals surface area contributed by atoms with Crippen LogP contribution in [-0.2, 0) is 4.79 Å². The SMILES string of the molecule is COc1ccc(-n2nc3cc(C)c(NC(=O)CC#N)cc3n2)cc1. The molecule has 0 radical (unpaired) electrons. The maximum atomic E-state index is 11.6. The number of benzene rings is 2. The molecule has 0 spiro atoms. The Bertz CT molecular complexity index is 938. The van der Waals surface area contributed by atoms with Crippen molar-refractivity contribution in [2.45, 2.75) is 13.3 Å². The fourth-order valence-corrected chi connectivity index (χ4v) is 2.30. The van der Waals surface area contributed by atoms with Gasteiger partial charge in [0.2, 0.25) is 5.91 Å². The van der Waals surface area contributed by atoms with E-state index in [2.05, 4.69) is 15.5 Å². The van der Waals surface area contributed by atoms with Gasteiger partial charge in [0.15, 0.2) is 0 Å². The number of rotatable bonds is 4. The van der Waals surface area contributed by atoms with Crippen LogP contribution in [0, 0.1) is 18.3 Å². The maximum Gasteiger partial charge on any atom is 0.238 e. The van der Waals surface area contributed by atoms with Crippen LogP contribution in [0.5, 0.6) is 5.75 Å². The number of ether oxygens (including phenoxy) is 1. The molecule has 7 heteroatoms. The molecule has 0 saturated heterocycles. The molecule has 3 rings (SSSR count). The number of carbonyl (C=O) groups excluding carboxylic acids is 1. The number of aromatic nitrogens is 3. The first-order valence-corrected chi connectivity index (χ1v) is 7.29. The molecule has 0 aliphatic rings. The van der Waals surface area contributed by atoms with Gasteiger partial charge in [-0.2, -0.15) is 10.1 Å². The Morgan fingerprint density at radius 3 is 2.54 bits per heavy atom. The van der Waals surface area contributed by atoms with Crippen molar-refractivity contribution in [3.63, 3.8) is 0 Å². The first kappa shape index (κ1) is 15.5. The highest BCUT2D eigenvalue weighted by atomic mass is 16.5. The summed E-state index contributed by atoms with van der Waals surface area (Å²) in [7, 11) is 1.61. The minimum atomic E-state index is -0.345. The van der Waals surface area contributed by atoms with E-state index in [1.54, 1.807) is 13.2 Å². The lowest BCUT2D eigenvalue weighted by molar-refractivity contribution is -0.115. The Kier molecular flexibility index (Phi) is 4.12. The summed E-state index contributed by atoms with van der Waals surface area (Å²) in [5, 5.41) is 20.2. The molecule has 0 aliphatic heterocycles. The molecule has 1 amide bonds. The zero-order chi connectivity index (χ0) is 17.1. The molecule has 24 heavy (non-hydrogen) atoms. The maximum absolute atomic E-state index is 11.6. The first-order chi connectivity index (χ1) is 11.6. The number of hydrogen-bond donors (Lipinski definition) is 1. The van der Waals surface area contributed by atoms with Gasteiger partial charge in [0.25, 0.3) is 0 Å². The fourth-order valence-electron chi connectivity index (χ4n) is 2.30. The lowest BCUT2D eigenvalue weighted by Gasteiger charge is -2.05. The standard InChI is InChI=1S/C17H15N5O2/c1-11-9-15-16(10-14(11)19-17(23)7-8-18)21-22(20-15)12-3-5-13(24-2)6-4-12/h3-6,9-10H,7H2,1-2H3,(H,19,23). The molecule has 7 nitrogen and oxygen atoms in total. The number of hydrogen-bond acceptors (Lipinski definition) is 5. The van der Waals surface area contributed by atoms with Crippen LogP contribution in [0.25, 0.3) is 16.7 Å². The number of amides is 1. The van der Waals surface area contributed by atoms with Crippen LogP contribution in [0.15, 0.2) is 36.4 Å². The molecule has 3 aromatic rings. The van der Waals surface area contributed by atoms with Gasteiger partial charge in [-0.3, -0.25) is 4.79 Å². The highest BCUT2D eigenvalue weighted by molar-refractivity contribution is 5.95. The molecule has 0 aliphatic carbocycles. The zero-order valence-electron chi connectivity index (χ0n) is 13.3. The number of aryl methyl sites for hydroxylation is 1. The molecular formula is C17H15N5O2. The summed E-state index contributed by atoms with van der Waals surface area (Å²) < 4.78 is 5.14. The number of nitriles is 1. The van der Waals surface area contributed by atoms with E-state index in [1.165, 1.54) is 4.80 Å². The summed E-state index contributed by atoms with van der Waals surface area (Å²) in [5.74, 6) is 0.413. The second-order valence-electron chi connectivity index (χ2n) is 5.23. The minimum Gasteiger partial charge on any atom is -0.497 e. The molecule has 0 unspecified atom stereocenters. The Labute approximate surface area is 138 Å². The van der Waals surface area contributed by atoms with E-state index in [4.69, 9.17) is 10.00 Å². The van der Waals surface area contributed by atoms with Gasteiger partial charge < -0.3 is 10.1 Å². The van der Waals surface area contributed by atoms with Gasteiger partial charge in [0.1, 0.15) is 23.2 Å². The molecule has 0 bridgehead atoms. The fraction of sp³-hybridized carbons (Fsp3) is 0.176. The predicted octanol–water partition coefficient (Wildman–Crippen LogP) is 2.59. The summed E-state index contributed by atoms with van der Waals surface area (Å²) in [6, 6.07) is 12.8. The van der Waals surface area contributed by atoms with Gasteiger partial charge in [0, 0.05) is 5.69 Å². The quantitative estimate of drug-likeness (QED) is 0.797. The average molecular weight is 321 g/mol. The van der Waals surface area contributed by atoms with Crippen LogP contribution >= 0.6 is 0 Å². The van der Waals surface area contributed by atoms with Crippen molar-refractivity contribution >= 4 is 22.6 Å². The van der Waals surface area contributed by atoms with E-state index in [-0.39, 0.29) is 12.3 Å². The summed E-state index contributed by atoms with van der Waals surface area (Å²) in [4.78, 5) is 13.1. The smallest absolute Gasteiger partial charge is 0.238 e. The third-order valence-electron chi connectivity index (χ3n) is 3.54. The van der Waals surface area contributed by atoms with E-state index in [0.717, 1.165) is 22.5 Å². The van der Waals surface area contributed by atoms with E-state index in [9.17, 15) is 4.79 Å². The molecule has 1 heterocycles. The van der Waals surface area contributed by atoms with Gasteiger partial charge in [-0.1, -0.05) is 0 Å². The van der Waals surface area contributed by atoms with Crippen molar-refractivity contribution in [1.82, 2.24) is 15.0 Å². The van der Waals surface area contributed by atoms with E-state index in [1.807, 2.05) is 43.3 Å². The largest absolute Gasteiger partial charge is 0.497 e. The second kappa shape index (κ2) is 6.38. The Balaban J connectivity index is 1.95. The lowest BCUT2D eigenvalue weighted by Crippen LogP contribution is -2.11. The lowest BCUT2D eigenvalue weighted by atomic mass is 10.1. The Hall–Kier alpha value is -3.40.